The molecule has 6 nitrogen and oxygen atoms in total. The summed E-state index contributed by atoms with van der Waals surface area (Å²) in [5.74, 6) is -0.738. The molecule has 1 N–H and O–H groups in total. The lowest BCUT2D eigenvalue weighted by atomic mass is 9.92. The van der Waals surface area contributed by atoms with Gasteiger partial charge in [0.15, 0.2) is 5.78 Å². The van der Waals surface area contributed by atoms with Crippen molar-refractivity contribution >= 4 is 17.7 Å². The number of Topliss-reactive ketones (excluding diaryl/α,β-unsaturated/α-hetero) is 1. The monoisotopic (exact) mass is 370 g/mol. The van der Waals surface area contributed by atoms with Crippen molar-refractivity contribution in [3.63, 3.8) is 0 Å². The number of nitrogens with zero attached hydrogens (tertiary/aromatic N) is 1. The Morgan fingerprint density at radius 3 is 2.33 bits per heavy atom. The van der Waals surface area contributed by atoms with Crippen molar-refractivity contribution in [2.45, 2.75) is 19.4 Å². The van der Waals surface area contributed by atoms with E-state index in [1.807, 2.05) is 6.92 Å². The van der Waals surface area contributed by atoms with E-state index in [1.54, 1.807) is 24.3 Å². The van der Waals surface area contributed by atoms with Gasteiger partial charge in [-0.15, -0.1) is 0 Å². The van der Waals surface area contributed by atoms with Gasteiger partial charge in [-0.25, -0.2) is 9.18 Å². The SMILES string of the molecule is CCOc1ccc(C(=O)CN2C(=O)NC(C)(c3ccc(F)cc3)C2=O)cc1. The van der Waals surface area contributed by atoms with Crippen LogP contribution in [0.3, 0.4) is 0 Å². The van der Waals surface area contributed by atoms with Crippen LogP contribution in [0.25, 0.3) is 0 Å². The maximum Gasteiger partial charge on any atom is 0.325 e. The van der Waals surface area contributed by atoms with E-state index in [4.69, 9.17) is 4.74 Å². The Bertz CT molecular complexity index is 880. The quantitative estimate of drug-likeness (QED) is 0.627. The summed E-state index contributed by atoms with van der Waals surface area (Å²) >= 11 is 0. The summed E-state index contributed by atoms with van der Waals surface area (Å²) in [5, 5.41) is 2.59. The van der Waals surface area contributed by atoms with Crippen molar-refractivity contribution in [1.29, 1.82) is 0 Å². The third kappa shape index (κ3) is 3.53. The molecule has 1 aliphatic rings. The van der Waals surface area contributed by atoms with Crippen LogP contribution in [0, 0.1) is 5.82 Å². The molecule has 1 saturated heterocycles. The number of amides is 3. The van der Waals surface area contributed by atoms with E-state index in [2.05, 4.69) is 5.32 Å². The number of benzene rings is 2. The number of ketones is 1. The number of imide groups is 1. The first kappa shape index (κ1) is 18.6. The molecule has 1 heterocycles. The summed E-state index contributed by atoms with van der Waals surface area (Å²) in [5.41, 5.74) is -0.531. The maximum atomic E-state index is 13.1. The molecule has 1 aliphatic heterocycles. The van der Waals surface area contributed by atoms with E-state index in [0.29, 0.717) is 23.5 Å². The Hall–Kier alpha value is -3.22. The number of urea groups is 1. The average Bonchev–Trinajstić information content (AvgIpc) is 2.87. The number of rotatable bonds is 6. The largest absolute Gasteiger partial charge is 0.494 e. The van der Waals surface area contributed by atoms with Gasteiger partial charge in [-0.05, 0) is 55.8 Å². The molecule has 2 aromatic rings. The summed E-state index contributed by atoms with van der Waals surface area (Å²) in [7, 11) is 0. The van der Waals surface area contributed by atoms with Crippen molar-refractivity contribution in [3.05, 3.63) is 65.5 Å². The van der Waals surface area contributed by atoms with Crippen LogP contribution in [0.2, 0.25) is 0 Å². The molecule has 0 radical (unpaired) electrons. The molecule has 0 spiro atoms. The maximum absolute atomic E-state index is 13.1. The van der Waals surface area contributed by atoms with Gasteiger partial charge in [0.25, 0.3) is 5.91 Å². The van der Waals surface area contributed by atoms with Gasteiger partial charge in [-0.1, -0.05) is 12.1 Å². The van der Waals surface area contributed by atoms with Crippen molar-refractivity contribution in [3.8, 4) is 5.75 Å². The van der Waals surface area contributed by atoms with E-state index < -0.39 is 23.3 Å². The Labute approximate surface area is 155 Å². The topological polar surface area (TPSA) is 75.7 Å². The number of carbonyl (C=O) groups is 3. The van der Waals surface area contributed by atoms with Crippen molar-refractivity contribution in [1.82, 2.24) is 10.2 Å². The van der Waals surface area contributed by atoms with Gasteiger partial charge >= 0.3 is 6.03 Å². The smallest absolute Gasteiger partial charge is 0.325 e. The van der Waals surface area contributed by atoms with Gasteiger partial charge in [-0.2, -0.15) is 0 Å². The van der Waals surface area contributed by atoms with Crippen LogP contribution >= 0.6 is 0 Å². The highest BCUT2D eigenvalue weighted by molar-refractivity contribution is 6.11. The Morgan fingerprint density at radius 1 is 1.11 bits per heavy atom. The summed E-state index contributed by atoms with van der Waals surface area (Å²) in [6.45, 7) is 3.52. The number of hydrogen-bond acceptors (Lipinski definition) is 4. The molecular formula is C20H19FN2O4. The zero-order chi connectivity index (χ0) is 19.6. The molecule has 1 unspecified atom stereocenters. The summed E-state index contributed by atoms with van der Waals surface area (Å²) in [6.07, 6.45) is 0. The molecule has 3 rings (SSSR count). The number of ether oxygens (including phenoxy) is 1. The molecule has 0 bridgehead atoms. The lowest BCUT2D eigenvalue weighted by Crippen LogP contribution is -2.41. The zero-order valence-corrected chi connectivity index (χ0v) is 15.0. The first-order valence-corrected chi connectivity index (χ1v) is 8.51. The van der Waals surface area contributed by atoms with Crippen molar-refractivity contribution in [2.24, 2.45) is 0 Å². The molecule has 7 heteroatoms. The van der Waals surface area contributed by atoms with Gasteiger partial charge in [0.1, 0.15) is 17.1 Å². The van der Waals surface area contributed by atoms with Crippen LogP contribution in [0.1, 0.15) is 29.8 Å². The molecular weight excluding hydrogens is 351 g/mol. The molecule has 2 aromatic carbocycles. The highest BCUT2D eigenvalue weighted by Crippen LogP contribution is 2.29. The molecule has 1 atom stereocenters. The molecule has 1 fully saturated rings. The molecule has 0 aromatic heterocycles. The summed E-state index contributed by atoms with van der Waals surface area (Å²) < 4.78 is 18.5. The van der Waals surface area contributed by atoms with Crippen molar-refractivity contribution < 1.29 is 23.5 Å². The molecule has 27 heavy (non-hydrogen) atoms. The highest BCUT2D eigenvalue weighted by atomic mass is 19.1. The second kappa shape index (κ2) is 7.19. The third-order valence-corrected chi connectivity index (χ3v) is 4.49. The molecule has 0 aliphatic carbocycles. The van der Waals surface area contributed by atoms with Crippen molar-refractivity contribution in [2.75, 3.05) is 13.2 Å². The summed E-state index contributed by atoms with van der Waals surface area (Å²) in [6, 6.07) is 11.1. The second-order valence-electron chi connectivity index (χ2n) is 6.33. The predicted molar refractivity (Wildman–Crippen MR) is 95.9 cm³/mol. The zero-order valence-electron chi connectivity index (χ0n) is 15.0. The number of nitrogens with one attached hydrogen (secondary N) is 1. The molecule has 140 valence electrons. The van der Waals surface area contributed by atoms with E-state index in [1.165, 1.54) is 31.2 Å². The van der Waals surface area contributed by atoms with E-state index in [-0.39, 0.29) is 12.3 Å². The van der Waals surface area contributed by atoms with Crippen LogP contribution in [0.15, 0.2) is 48.5 Å². The fraction of sp³-hybridized carbons (Fsp3) is 0.250. The van der Waals surface area contributed by atoms with Gasteiger partial charge in [-0.3, -0.25) is 14.5 Å². The number of carbonyl (C=O) groups excluding carboxylic acids is 3. The highest BCUT2D eigenvalue weighted by Gasteiger charge is 2.49. The average molecular weight is 370 g/mol. The molecule has 0 saturated carbocycles. The first-order valence-electron chi connectivity index (χ1n) is 8.51. The van der Waals surface area contributed by atoms with E-state index >= 15 is 0 Å². The lowest BCUT2D eigenvalue weighted by molar-refractivity contribution is -0.130. The van der Waals surface area contributed by atoms with Crippen LogP contribution in [0.5, 0.6) is 5.75 Å². The minimum absolute atomic E-state index is 0.370. The standard InChI is InChI=1S/C20H19FN2O4/c1-3-27-16-10-4-13(5-11-16)17(24)12-23-18(25)20(2,22-19(23)26)14-6-8-15(21)9-7-14/h4-11H,3,12H2,1-2H3,(H,22,26). The van der Waals surface area contributed by atoms with E-state index in [0.717, 1.165) is 4.90 Å². The Morgan fingerprint density at radius 2 is 1.74 bits per heavy atom. The third-order valence-electron chi connectivity index (χ3n) is 4.49. The normalized spacial score (nSPS) is 19.1. The summed E-state index contributed by atoms with van der Waals surface area (Å²) in [4.78, 5) is 38.5. The Kier molecular flexibility index (Phi) is 4.94. The lowest BCUT2D eigenvalue weighted by Gasteiger charge is -2.22. The fourth-order valence-electron chi connectivity index (χ4n) is 2.96. The molecule has 3 amide bonds. The second-order valence-corrected chi connectivity index (χ2v) is 6.33. The predicted octanol–water partition coefficient (Wildman–Crippen LogP) is 2.87. The van der Waals surface area contributed by atoms with Gasteiger partial charge in [0, 0.05) is 5.56 Å². The number of hydrogen-bond donors (Lipinski definition) is 1. The van der Waals surface area contributed by atoms with Gasteiger partial charge < -0.3 is 10.1 Å². The minimum atomic E-state index is -1.34. The fourth-order valence-corrected chi connectivity index (χ4v) is 2.96. The van der Waals surface area contributed by atoms with E-state index in [9.17, 15) is 18.8 Å². The van der Waals surface area contributed by atoms with Gasteiger partial charge in [0.2, 0.25) is 0 Å². The number of halogens is 1. The Balaban J connectivity index is 1.77. The van der Waals surface area contributed by atoms with Crippen LogP contribution in [-0.4, -0.2) is 35.8 Å². The van der Waals surface area contributed by atoms with Crippen LogP contribution in [-0.2, 0) is 10.3 Å². The first-order chi connectivity index (χ1) is 12.8. The van der Waals surface area contributed by atoms with Crippen LogP contribution in [0.4, 0.5) is 9.18 Å². The van der Waals surface area contributed by atoms with Gasteiger partial charge in [0.05, 0.1) is 13.2 Å². The van der Waals surface area contributed by atoms with Crippen LogP contribution < -0.4 is 10.1 Å². The minimum Gasteiger partial charge on any atom is -0.494 e.